The van der Waals surface area contributed by atoms with Crippen LogP contribution in [-0.4, -0.2) is 6.54 Å². The Kier molecular flexibility index (Phi) is 3.56. The lowest BCUT2D eigenvalue weighted by Gasteiger charge is -2.17. The molecule has 4 unspecified atom stereocenters. The van der Waals surface area contributed by atoms with E-state index in [2.05, 4.69) is 41.9 Å². The Balaban J connectivity index is 1.67. The highest BCUT2D eigenvalue weighted by Crippen LogP contribution is 2.64. The van der Waals surface area contributed by atoms with E-state index in [0.717, 1.165) is 23.4 Å². The summed E-state index contributed by atoms with van der Waals surface area (Å²) < 4.78 is 0. The molecule has 1 nitrogen and oxygen atoms in total. The average molecular weight is 318 g/mol. The summed E-state index contributed by atoms with van der Waals surface area (Å²) in [6.07, 6.45) is 2.57. The minimum atomic E-state index is 0.420. The number of hydrogen-bond acceptors (Lipinski definition) is 2. The summed E-state index contributed by atoms with van der Waals surface area (Å²) in [7, 11) is 0. The van der Waals surface area contributed by atoms with E-state index >= 15 is 0 Å². The van der Waals surface area contributed by atoms with Gasteiger partial charge in [0.2, 0.25) is 0 Å². The van der Waals surface area contributed by atoms with Gasteiger partial charge in [-0.2, -0.15) is 0 Å². The van der Waals surface area contributed by atoms with Crippen LogP contribution in [0.5, 0.6) is 0 Å². The van der Waals surface area contributed by atoms with Crippen molar-refractivity contribution in [3.63, 3.8) is 0 Å². The number of rotatable bonds is 4. The van der Waals surface area contributed by atoms with Crippen LogP contribution in [0, 0.1) is 11.8 Å². The SMILES string of the molecule is CCNC(c1sccc1Cl)C1C2CCc3ccccc3C21. The van der Waals surface area contributed by atoms with Gasteiger partial charge < -0.3 is 5.32 Å². The van der Waals surface area contributed by atoms with Crippen molar-refractivity contribution in [2.75, 3.05) is 6.54 Å². The highest BCUT2D eigenvalue weighted by molar-refractivity contribution is 7.10. The third-order valence-electron chi connectivity index (χ3n) is 5.13. The Hall–Kier alpha value is -0.830. The predicted molar refractivity (Wildman–Crippen MR) is 90.2 cm³/mol. The number of aryl methyl sites for hydroxylation is 1. The second-order valence-electron chi connectivity index (χ2n) is 6.17. The summed E-state index contributed by atoms with van der Waals surface area (Å²) in [6.45, 7) is 3.19. The molecule has 0 spiro atoms. The van der Waals surface area contributed by atoms with Crippen molar-refractivity contribution < 1.29 is 0 Å². The van der Waals surface area contributed by atoms with Gasteiger partial charge in [-0.1, -0.05) is 42.8 Å². The van der Waals surface area contributed by atoms with E-state index in [4.69, 9.17) is 11.6 Å². The van der Waals surface area contributed by atoms with Crippen LogP contribution in [0.1, 0.15) is 41.3 Å². The van der Waals surface area contributed by atoms with E-state index in [9.17, 15) is 0 Å². The first kappa shape index (κ1) is 13.8. The number of hydrogen-bond donors (Lipinski definition) is 1. The first-order chi connectivity index (χ1) is 10.3. The first-order valence-corrected chi connectivity index (χ1v) is 9.11. The quantitative estimate of drug-likeness (QED) is 0.834. The monoisotopic (exact) mass is 317 g/mol. The molecule has 1 N–H and O–H groups in total. The molecule has 1 aromatic carbocycles. The van der Waals surface area contributed by atoms with E-state index in [1.54, 1.807) is 22.5 Å². The lowest BCUT2D eigenvalue weighted by atomic mass is 9.92. The molecular weight excluding hydrogens is 298 g/mol. The topological polar surface area (TPSA) is 12.0 Å². The van der Waals surface area contributed by atoms with Crippen LogP contribution in [0.4, 0.5) is 0 Å². The minimum Gasteiger partial charge on any atom is -0.309 e. The molecule has 0 amide bonds. The molecule has 1 aromatic heterocycles. The maximum Gasteiger partial charge on any atom is 0.0561 e. The predicted octanol–water partition coefficient (Wildman–Crippen LogP) is 5.03. The van der Waals surface area contributed by atoms with E-state index in [0.29, 0.717) is 12.0 Å². The lowest BCUT2D eigenvalue weighted by Crippen LogP contribution is -2.23. The lowest BCUT2D eigenvalue weighted by molar-refractivity contribution is 0.467. The standard InChI is InChI=1S/C18H20ClNS/c1-2-20-17(18-14(19)9-10-21-18)16-13-8-7-11-5-3-4-6-12(11)15(13)16/h3-6,9-10,13,15-17,20H,2,7-8H2,1H3. The molecule has 2 aliphatic rings. The number of thiophene rings is 1. The normalized spacial score (nSPS) is 27.8. The van der Waals surface area contributed by atoms with Crippen molar-refractivity contribution in [1.82, 2.24) is 5.32 Å². The summed E-state index contributed by atoms with van der Waals surface area (Å²) >= 11 is 8.21. The largest absolute Gasteiger partial charge is 0.309 e. The van der Waals surface area contributed by atoms with Crippen molar-refractivity contribution in [1.29, 1.82) is 0 Å². The van der Waals surface area contributed by atoms with Gasteiger partial charge in [-0.25, -0.2) is 0 Å². The fraction of sp³-hybridized carbons (Fsp3) is 0.444. The summed E-state index contributed by atoms with van der Waals surface area (Å²) in [5.74, 6) is 2.28. The minimum absolute atomic E-state index is 0.420. The van der Waals surface area contributed by atoms with Gasteiger partial charge in [0.15, 0.2) is 0 Å². The molecule has 4 atom stereocenters. The first-order valence-electron chi connectivity index (χ1n) is 7.85. The molecule has 0 radical (unpaired) electrons. The molecule has 110 valence electrons. The second-order valence-corrected chi connectivity index (χ2v) is 7.53. The molecule has 3 heteroatoms. The van der Waals surface area contributed by atoms with Gasteiger partial charge in [0.1, 0.15) is 0 Å². The van der Waals surface area contributed by atoms with Crippen LogP contribution >= 0.6 is 22.9 Å². The third kappa shape index (κ3) is 2.25. The molecule has 0 saturated heterocycles. The fourth-order valence-electron chi connectivity index (χ4n) is 4.23. The van der Waals surface area contributed by atoms with Crippen LogP contribution in [0.3, 0.4) is 0 Å². The van der Waals surface area contributed by atoms with Gasteiger partial charge in [0, 0.05) is 10.9 Å². The van der Waals surface area contributed by atoms with E-state index in [1.807, 2.05) is 6.07 Å². The van der Waals surface area contributed by atoms with Crippen molar-refractivity contribution in [2.24, 2.45) is 11.8 Å². The van der Waals surface area contributed by atoms with Gasteiger partial charge in [0.05, 0.1) is 5.02 Å². The molecule has 1 heterocycles. The second kappa shape index (κ2) is 5.42. The molecule has 0 aliphatic heterocycles. The molecule has 1 saturated carbocycles. The Bertz CT molecular complexity index is 650. The van der Waals surface area contributed by atoms with Crippen LogP contribution in [0.15, 0.2) is 35.7 Å². The van der Waals surface area contributed by atoms with E-state index in [-0.39, 0.29) is 0 Å². The maximum absolute atomic E-state index is 6.41. The highest BCUT2D eigenvalue weighted by atomic mass is 35.5. The zero-order valence-corrected chi connectivity index (χ0v) is 13.8. The molecule has 2 aliphatic carbocycles. The van der Waals surface area contributed by atoms with Gasteiger partial charge in [-0.3, -0.25) is 0 Å². The van der Waals surface area contributed by atoms with Crippen LogP contribution < -0.4 is 5.32 Å². The van der Waals surface area contributed by atoms with Gasteiger partial charge >= 0.3 is 0 Å². The summed E-state index contributed by atoms with van der Waals surface area (Å²) in [5, 5.41) is 6.75. The highest BCUT2D eigenvalue weighted by Gasteiger charge is 2.56. The number of benzene rings is 1. The summed E-state index contributed by atoms with van der Waals surface area (Å²) in [6, 6.07) is 11.5. The summed E-state index contributed by atoms with van der Waals surface area (Å²) in [5.41, 5.74) is 3.16. The van der Waals surface area contributed by atoms with Crippen molar-refractivity contribution in [3.05, 3.63) is 56.7 Å². The van der Waals surface area contributed by atoms with Crippen LogP contribution in [-0.2, 0) is 6.42 Å². The van der Waals surface area contributed by atoms with Crippen molar-refractivity contribution >= 4 is 22.9 Å². The van der Waals surface area contributed by atoms with Crippen molar-refractivity contribution in [2.45, 2.75) is 31.7 Å². The van der Waals surface area contributed by atoms with Crippen molar-refractivity contribution in [3.8, 4) is 0 Å². The molecule has 2 aromatic rings. The van der Waals surface area contributed by atoms with E-state index < -0.39 is 0 Å². The van der Waals surface area contributed by atoms with Gasteiger partial charge in [-0.05, 0) is 59.7 Å². The van der Waals surface area contributed by atoms with E-state index in [1.165, 1.54) is 17.7 Å². The Labute approximate surface area is 135 Å². The number of halogens is 1. The Morgan fingerprint density at radius 1 is 1.33 bits per heavy atom. The van der Waals surface area contributed by atoms with Crippen LogP contribution in [0.2, 0.25) is 5.02 Å². The fourth-order valence-corrected chi connectivity index (χ4v) is 5.53. The number of nitrogens with one attached hydrogen (secondary N) is 1. The molecule has 21 heavy (non-hydrogen) atoms. The number of fused-ring (bicyclic) bond motifs is 3. The molecular formula is C18H20ClNS. The maximum atomic E-state index is 6.41. The Morgan fingerprint density at radius 3 is 2.95 bits per heavy atom. The Morgan fingerprint density at radius 2 is 2.19 bits per heavy atom. The average Bonchev–Trinajstić information content (AvgIpc) is 3.10. The van der Waals surface area contributed by atoms with Crippen LogP contribution in [0.25, 0.3) is 0 Å². The zero-order valence-electron chi connectivity index (χ0n) is 12.2. The smallest absolute Gasteiger partial charge is 0.0561 e. The zero-order chi connectivity index (χ0) is 14.4. The molecule has 1 fully saturated rings. The molecule has 4 rings (SSSR count). The third-order valence-corrected chi connectivity index (χ3v) is 6.57. The van der Waals surface area contributed by atoms with Gasteiger partial charge in [-0.15, -0.1) is 11.3 Å². The summed E-state index contributed by atoms with van der Waals surface area (Å²) in [4.78, 5) is 1.33. The van der Waals surface area contributed by atoms with Gasteiger partial charge in [0.25, 0.3) is 0 Å². The molecule has 0 bridgehead atoms.